The molecule has 2 heterocycles. The van der Waals surface area contributed by atoms with Crippen LogP contribution < -0.4 is 5.73 Å². The molecule has 7 nitrogen and oxygen atoms in total. The van der Waals surface area contributed by atoms with E-state index in [1.165, 1.54) is 6.20 Å². The van der Waals surface area contributed by atoms with Crippen LogP contribution in [0.3, 0.4) is 0 Å². The lowest BCUT2D eigenvalue weighted by molar-refractivity contribution is 0.135. The lowest BCUT2D eigenvalue weighted by Crippen LogP contribution is -2.53. The Morgan fingerprint density at radius 3 is 2.80 bits per heavy atom. The molecule has 1 saturated heterocycles. The average molecular weight is 301 g/mol. The molecule has 0 aliphatic carbocycles. The fraction of sp³-hybridized carbons (Fsp3) is 0.750. The summed E-state index contributed by atoms with van der Waals surface area (Å²) in [7, 11) is -3.44. The van der Waals surface area contributed by atoms with Gasteiger partial charge in [0.15, 0.2) is 0 Å². The van der Waals surface area contributed by atoms with E-state index in [1.807, 2.05) is 0 Å². The topological polar surface area (TPSA) is 84.5 Å². The predicted molar refractivity (Wildman–Crippen MR) is 76.7 cm³/mol. The Balaban J connectivity index is 2.14. The molecular formula is C12H23N5O2S. The van der Waals surface area contributed by atoms with Crippen molar-refractivity contribution in [3.63, 3.8) is 0 Å². The van der Waals surface area contributed by atoms with Crippen LogP contribution in [0.1, 0.15) is 13.8 Å². The number of aromatic nitrogens is 2. The summed E-state index contributed by atoms with van der Waals surface area (Å²) in [5, 5.41) is 4.04. The molecule has 1 aromatic rings. The summed E-state index contributed by atoms with van der Waals surface area (Å²) < 4.78 is 28.3. The summed E-state index contributed by atoms with van der Waals surface area (Å²) in [6.45, 7) is 7.89. The van der Waals surface area contributed by atoms with Gasteiger partial charge in [-0.25, -0.2) is 8.42 Å². The van der Waals surface area contributed by atoms with Crippen molar-refractivity contribution in [3.8, 4) is 0 Å². The third-order valence-electron chi connectivity index (χ3n) is 3.74. The summed E-state index contributed by atoms with van der Waals surface area (Å²) in [6.07, 6.45) is 2.96. The maximum atomic E-state index is 12.6. The zero-order valence-electron chi connectivity index (χ0n) is 12.1. The first kappa shape index (κ1) is 15.4. The van der Waals surface area contributed by atoms with Crippen LogP contribution in [0.5, 0.6) is 0 Å². The third kappa shape index (κ3) is 3.03. The van der Waals surface area contributed by atoms with E-state index in [1.54, 1.807) is 15.2 Å². The van der Waals surface area contributed by atoms with E-state index in [4.69, 9.17) is 5.73 Å². The Hall–Kier alpha value is -0.960. The minimum atomic E-state index is -3.44. The maximum absolute atomic E-state index is 12.6. The zero-order chi connectivity index (χ0) is 14.8. The smallest absolute Gasteiger partial charge is 0.246 e. The zero-order valence-corrected chi connectivity index (χ0v) is 12.9. The molecule has 1 fully saturated rings. The van der Waals surface area contributed by atoms with E-state index in [2.05, 4.69) is 23.8 Å². The number of nitrogens with zero attached hydrogens (tertiary/aromatic N) is 4. The van der Waals surface area contributed by atoms with Crippen molar-refractivity contribution in [1.29, 1.82) is 0 Å². The molecule has 2 rings (SSSR count). The number of likely N-dealkylation sites (N-methyl/N-ethyl adjacent to an activating group) is 1. The first-order chi connectivity index (χ1) is 9.48. The van der Waals surface area contributed by atoms with Gasteiger partial charge >= 0.3 is 0 Å². The lowest BCUT2D eigenvalue weighted by atomic mass is 10.2. The van der Waals surface area contributed by atoms with Gasteiger partial charge in [0, 0.05) is 38.4 Å². The van der Waals surface area contributed by atoms with Crippen molar-refractivity contribution in [3.05, 3.63) is 12.4 Å². The van der Waals surface area contributed by atoms with E-state index in [9.17, 15) is 8.42 Å². The van der Waals surface area contributed by atoms with Gasteiger partial charge in [-0.2, -0.15) is 9.40 Å². The molecule has 114 valence electrons. The number of hydrogen-bond donors (Lipinski definition) is 1. The Morgan fingerprint density at radius 1 is 1.45 bits per heavy atom. The second kappa shape index (κ2) is 6.21. The van der Waals surface area contributed by atoms with Crippen LogP contribution in [-0.2, 0) is 16.6 Å². The van der Waals surface area contributed by atoms with Crippen LogP contribution >= 0.6 is 0 Å². The molecule has 0 saturated carbocycles. The fourth-order valence-corrected chi connectivity index (χ4v) is 4.00. The van der Waals surface area contributed by atoms with Crippen molar-refractivity contribution in [2.24, 2.45) is 5.73 Å². The van der Waals surface area contributed by atoms with Crippen LogP contribution in [0.25, 0.3) is 0 Å². The average Bonchev–Trinajstić information content (AvgIpc) is 2.88. The first-order valence-electron chi connectivity index (χ1n) is 6.95. The molecule has 8 heteroatoms. The van der Waals surface area contributed by atoms with Crippen molar-refractivity contribution in [1.82, 2.24) is 19.0 Å². The second-order valence-corrected chi connectivity index (χ2v) is 7.01. The van der Waals surface area contributed by atoms with Gasteiger partial charge in [-0.05, 0) is 13.5 Å². The number of sulfonamides is 1. The van der Waals surface area contributed by atoms with Crippen molar-refractivity contribution >= 4 is 10.0 Å². The summed E-state index contributed by atoms with van der Waals surface area (Å²) in [5.74, 6) is 0. The van der Waals surface area contributed by atoms with Gasteiger partial charge in [-0.3, -0.25) is 9.58 Å². The van der Waals surface area contributed by atoms with Crippen molar-refractivity contribution < 1.29 is 8.42 Å². The second-order valence-electron chi connectivity index (χ2n) is 5.07. The molecule has 1 aliphatic heterocycles. The van der Waals surface area contributed by atoms with Gasteiger partial charge in [0.25, 0.3) is 0 Å². The first-order valence-corrected chi connectivity index (χ1v) is 8.39. The third-order valence-corrected chi connectivity index (χ3v) is 5.56. The molecule has 1 aromatic heterocycles. The highest BCUT2D eigenvalue weighted by Crippen LogP contribution is 2.19. The van der Waals surface area contributed by atoms with Gasteiger partial charge < -0.3 is 5.73 Å². The fourth-order valence-electron chi connectivity index (χ4n) is 2.53. The van der Waals surface area contributed by atoms with E-state index in [0.29, 0.717) is 26.2 Å². The molecule has 20 heavy (non-hydrogen) atoms. The molecule has 0 amide bonds. The molecule has 0 bridgehead atoms. The maximum Gasteiger partial charge on any atom is 0.246 e. The monoisotopic (exact) mass is 301 g/mol. The molecule has 0 aromatic carbocycles. The Labute approximate surface area is 120 Å². The normalized spacial score (nSPS) is 22.2. The van der Waals surface area contributed by atoms with Gasteiger partial charge in [0.1, 0.15) is 4.90 Å². The van der Waals surface area contributed by atoms with E-state index in [0.717, 1.165) is 13.1 Å². The summed E-state index contributed by atoms with van der Waals surface area (Å²) in [5.41, 5.74) is 5.44. The van der Waals surface area contributed by atoms with Gasteiger partial charge in [0.2, 0.25) is 10.0 Å². The molecule has 1 atom stereocenters. The Morgan fingerprint density at radius 2 is 2.20 bits per heavy atom. The van der Waals surface area contributed by atoms with E-state index >= 15 is 0 Å². The van der Waals surface area contributed by atoms with Gasteiger partial charge in [-0.1, -0.05) is 6.92 Å². The van der Waals surface area contributed by atoms with E-state index in [-0.39, 0.29) is 10.9 Å². The highest BCUT2D eigenvalue weighted by atomic mass is 32.2. The summed E-state index contributed by atoms with van der Waals surface area (Å²) >= 11 is 0. The number of piperazine rings is 1. The number of nitrogens with two attached hydrogens (primary N) is 1. The van der Waals surface area contributed by atoms with Crippen molar-refractivity contribution in [2.45, 2.75) is 31.3 Å². The molecule has 1 aliphatic rings. The van der Waals surface area contributed by atoms with Crippen LogP contribution in [-0.4, -0.2) is 66.2 Å². The Kier molecular flexibility index (Phi) is 4.79. The van der Waals surface area contributed by atoms with Crippen LogP contribution in [0, 0.1) is 0 Å². The molecule has 0 spiro atoms. The lowest BCUT2D eigenvalue weighted by Gasteiger charge is -2.38. The standard InChI is InChI=1S/C12H23N5O2S/c1-3-15-6-7-17(9-11(15)2)20(18,19)12-8-14-16(10-12)5-4-13/h8,10-11H,3-7,9,13H2,1-2H3. The number of rotatable bonds is 5. The molecule has 1 unspecified atom stereocenters. The SMILES string of the molecule is CCN1CCN(S(=O)(=O)c2cnn(CCN)c2)CC1C. The highest BCUT2D eigenvalue weighted by Gasteiger charge is 2.32. The highest BCUT2D eigenvalue weighted by molar-refractivity contribution is 7.89. The predicted octanol–water partition coefficient (Wildman–Crippen LogP) is -0.443. The molecular weight excluding hydrogens is 278 g/mol. The van der Waals surface area contributed by atoms with Gasteiger partial charge in [0.05, 0.1) is 12.7 Å². The van der Waals surface area contributed by atoms with Crippen LogP contribution in [0.2, 0.25) is 0 Å². The molecule has 2 N–H and O–H groups in total. The van der Waals surface area contributed by atoms with Crippen molar-refractivity contribution in [2.75, 3.05) is 32.7 Å². The van der Waals surface area contributed by atoms with Crippen LogP contribution in [0.15, 0.2) is 17.3 Å². The molecule has 0 radical (unpaired) electrons. The quantitative estimate of drug-likeness (QED) is 0.797. The minimum absolute atomic E-state index is 0.239. The largest absolute Gasteiger partial charge is 0.329 e. The van der Waals surface area contributed by atoms with Crippen LogP contribution in [0.4, 0.5) is 0 Å². The van der Waals surface area contributed by atoms with Gasteiger partial charge in [-0.15, -0.1) is 0 Å². The minimum Gasteiger partial charge on any atom is -0.329 e. The summed E-state index contributed by atoms with van der Waals surface area (Å²) in [6, 6.07) is 0.239. The van der Waals surface area contributed by atoms with E-state index < -0.39 is 10.0 Å². The number of hydrogen-bond acceptors (Lipinski definition) is 5. The summed E-state index contributed by atoms with van der Waals surface area (Å²) in [4.78, 5) is 2.53. The Bertz CT molecular complexity index is 542.